The van der Waals surface area contributed by atoms with Crippen molar-refractivity contribution in [3.05, 3.63) is 29.6 Å². The van der Waals surface area contributed by atoms with E-state index in [4.69, 9.17) is 5.73 Å². The van der Waals surface area contributed by atoms with Crippen molar-refractivity contribution in [1.29, 1.82) is 0 Å². The van der Waals surface area contributed by atoms with E-state index in [9.17, 15) is 9.18 Å². The van der Waals surface area contributed by atoms with Crippen LogP contribution in [-0.4, -0.2) is 23.9 Å². The molecule has 3 nitrogen and oxygen atoms in total. The van der Waals surface area contributed by atoms with Crippen LogP contribution in [0.2, 0.25) is 0 Å². The molecule has 0 saturated heterocycles. The second-order valence-corrected chi connectivity index (χ2v) is 4.12. The van der Waals surface area contributed by atoms with Crippen LogP contribution in [0.25, 0.3) is 0 Å². The quantitative estimate of drug-likeness (QED) is 0.820. The SMILES string of the molecule is CCC(CC)N(C)C(=O)c1ccc(N)c(F)c1. The Balaban J connectivity index is 2.92. The molecule has 1 amide bonds. The van der Waals surface area contributed by atoms with Crippen molar-refractivity contribution in [2.75, 3.05) is 12.8 Å². The smallest absolute Gasteiger partial charge is 0.253 e. The highest BCUT2D eigenvalue weighted by Gasteiger charge is 2.18. The second-order valence-electron chi connectivity index (χ2n) is 4.12. The summed E-state index contributed by atoms with van der Waals surface area (Å²) in [4.78, 5) is 13.7. The summed E-state index contributed by atoms with van der Waals surface area (Å²) in [7, 11) is 1.74. The Morgan fingerprint density at radius 2 is 2.00 bits per heavy atom. The molecule has 0 fully saturated rings. The third kappa shape index (κ3) is 2.96. The highest BCUT2D eigenvalue weighted by atomic mass is 19.1. The number of benzene rings is 1. The molecule has 0 aliphatic heterocycles. The monoisotopic (exact) mass is 238 g/mol. The predicted molar refractivity (Wildman–Crippen MR) is 67.3 cm³/mol. The first-order valence-corrected chi connectivity index (χ1v) is 5.83. The molecule has 0 aromatic heterocycles. The topological polar surface area (TPSA) is 46.3 Å². The van der Waals surface area contributed by atoms with Gasteiger partial charge in [-0.15, -0.1) is 0 Å². The maximum absolute atomic E-state index is 13.3. The number of halogens is 1. The van der Waals surface area contributed by atoms with E-state index in [0.717, 1.165) is 12.8 Å². The first-order valence-electron chi connectivity index (χ1n) is 5.83. The Bertz CT molecular complexity index is 402. The molecule has 0 unspecified atom stereocenters. The van der Waals surface area contributed by atoms with Crippen molar-refractivity contribution in [2.45, 2.75) is 32.7 Å². The van der Waals surface area contributed by atoms with Gasteiger partial charge in [0, 0.05) is 18.7 Å². The summed E-state index contributed by atoms with van der Waals surface area (Å²) in [6, 6.07) is 4.35. The molecule has 0 bridgehead atoms. The minimum Gasteiger partial charge on any atom is -0.396 e. The Kier molecular flexibility index (Phi) is 4.49. The Labute approximate surface area is 101 Å². The molecule has 0 spiro atoms. The maximum Gasteiger partial charge on any atom is 0.253 e. The van der Waals surface area contributed by atoms with Gasteiger partial charge in [0.25, 0.3) is 5.91 Å². The largest absolute Gasteiger partial charge is 0.396 e. The fourth-order valence-electron chi connectivity index (χ4n) is 1.87. The lowest BCUT2D eigenvalue weighted by Gasteiger charge is -2.26. The number of carbonyl (C=O) groups excluding carboxylic acids is 1. The minimum absolute atomic E-state index is 0.0618. The van der Waals surface area contributed by atoms with E-state index < -0.39 is 5.82 Å². The van der Waals surface area contributed by atoms with Crippen molar-refractivity contribution in [3.8, 4) is 0 Å². The molecule has 0 heterocycles. The number of nitrogens with zero attached hydrogens (tertiary/aromatic N) is 1. The standard InChI is InChI=1S/C13H19FN2O/c1-4-10(5-2)16(3)13(17)9-6-7-12(15)11(14)8-9/h6-8,10H,4-5,15H2,1-3H3. The molecule has 0 aliphatic carbocycles. The molecular weight excluding hydrogens is 219 g/mol. The van der Waals surface area contributed by atoms with E-state index in [1.807, 2.05) is 13.8 Å². The molecule has 2 N–H and O–H groups in total. The van der Waals surface area contributed by atoms with Gasteiger partial charge in [0.2, 0.25) is 0 Å². The zero-order valence-corrected chi connectivity index (χ0v) is 10.5. The lowest BCUT2D eigenvalue weighted by atomic mass is 10.1. The summed E-state index contributed by atoms with van der Waals surface area (Å²) in [5, 5.41) is 0. The van der Waals surface area contributed by atoms with E-state index in [1.54, 1.807) is 18.0 Å². The molecule has 94 valence electrons. The number of anilines is 1. The van der Waals surface area contributed by atoms with Gasteiger partial charge in [0.05, 0.1) is 5.69 Å². The van der Waals surface area contributed by atoms with E-state index >= 15 is 0 Å². The van der Waals surface area contributed by atoms with Crippen LogP contribution in [0, 0.1) is 5.82 Å². The van der Waals surface area contributed by atoms with Gasteiger partial charge in [0.1, 0.15) is 5.82 Å². The van der Waals surface area contributed by atoms with E-state index in [1.165, 1.54) is 12.1 Å². The Morgan fingerprint density at radius 1 is 1.41 bits per heavy atom. The number of nitrogens with two attached hydrogens (primary N) is 1. The third-order valence-electron chi connectivity index (χ3n) is 3.06. The van der Waals surface area contributed by atoms with Gasteiger partial charge in [0.15, 0.2) is 0 Å². The van der Waals surface area contributed by atoms with E-state index in [0.29, 0.717) is 5.56 Å². The van der Waals surface area contributed by atoms with Crippen molar-refractivity contribution >= 4 is 11.6 Å². The second kappa shape index (κ2) is 5.66. The summed E-state index contributed by atoms with van der Waals surface area (Å²) in [5.74, 6) is -0.716. The van der Waals surface area contributed by atoms with Gasteiger partial charge in [-0.1, -0.05) is 13.8 Å². The highest BCUT2D eigenvalue weighted by molar-refractivity contribution is 5.94. The molecule has 17 heavy (non-hydrogen) atoms. The van der Waals surface area contributed by atoms with Gasteiger partial charge in [-0.3, -0.25) is 4.79 Å². The van der Waals surface area contributed by atoms with Crippen LogP contribution in [0.3, 0.4) is 0 Å². The Hall–Kier alpha value is -1.58. The van der Waals surface area contributed by atoms with Gasteiger partial charge in [-0.25, -0.2) is 4.39 Å². The summed E-state index contributed by atoms with van der Waals surface area (Å²) >= 11 is 0. The predicted octanol–water partition coefficient (Wildman–Crippen LogP) is 2.67. The summed E-state index contributed by atoms with van der Waals surface area (Å²) in [6.07, 6.45) is 1.77. The summed E-state index contributed by atoms with van der Waals surface area (Å²) in [5.41, 5.74) is 5.78. The fraction of sp³-hybridized carbons (Fsp3) is 0.462. The molecule has 0 atom stereocenters. The number of hydrogen-bond donors (Lipinski definition) is 1. The van der Waals surface area contributed by atoms with Gasteiger partial charge < -0.3 is 10.6 Å². The normalized spacial score (nSPS) is 10.6. The zero-order valence-electron chi connectivity index (χ0n) is 10.5. The lowest BCUT2D eigenvalue weighted by molar-refractivity contribution is 0.0723. The molecule has 1 rings (SSSR count). The molecule has 4 heteroatoms. The fourth-order valence-corrected chi connectivity index (χ4v) is 1.87. The van der Waals surface area contributed by atoms with Crippen molar-refractivity contribution in [3.63, 3.8) is 0 Å². The lowest BCUT2D eigenvalue weighted by Crippen LogP contribution is -2.36. The molecule has 0 saturated carbocycles. The van der Waals surface area contributed by atoms with E-state index in [-0.39, 0.29) is 17.6 Å². The Morgan fingerprint density at radius 3 is 2.47 bits per heavy atom. The zero-order chi connectivity index (χ0) is 13.0. The van der Waals surface area contributed by atoms with Crippen LogP contribution >= 0.6 is 0 Å². The number of hydrogen-bond acceptors (Lipinski definition) is 2. The van der Waals surface area contributed by atoms with Crippen LogP contribution in [0.5, 0.6) is 0 Å². The molecular formula is C13H19FN2O. The van der Waals surface area contributed by atoms with Crippen molar-refractivity contribution < 1.29 is 9.18 Å². The molecule has 0 aliphatic rings. The van der Waals surface area contributed by atoms with Crippen molar-refractivity contribution in [1.82, 2.24) is 4.90 Å². The highest BCUT2D eigenvalue weighted by Crippen LogP contribution is 2.16. The average molecular weight is 238 g/mol. The average Bonchev–Trinajstić information content (AvgIpc) is 2.33. The molecule has 1 aromatic rings. The number of nitrogen functional groups attached to an aromatic ring is 1. The van der Waals surface area contributed by atoms with Gasteiger partial charge >= 0.3 is 0 Å². The van der Waals surface area contributed by atoms with Crippen LogP contribution in [0.4, 0.5) is 10.1 Å². The molecule has 1 aromatic carbocycles. The van der Waals surface area contributed by atoms with Crippen LogP contribution < -0.4 is 5.73 Å². The van der Waals surface area contributed by atoms with Gasteiger partial charge in [-0.05, 0) is 31.0 Å². The summed E-state index contributed by atoms with van der Waals surface area (Å²) in [6.45, 7) is 4.06. The first-order chi connectivity index (χ1) is 8.01. The van der Waals surface area contributed by atoms with Crippen LogP contribution in [0.1, 0.15) is 37.0 Å². The number of carbonyl (C=O) groups is 1. The van der Waals surface area contributed by atoms with E-state index in [2.05, 4.69) is 0 Å². The van der Waals surface area contributed by atoms with Crippen LogP contribution in [0.15, 0.2) is 18.2 Å². The van der Waals surface area contributed by atoms with Gasteiger partial charge in [-0.2, -0.15) is 0 Å². The first kappa shape index (κ1) is 13.5. The molecule has 0 radical (unpaired) electrons. The maximum atomic E-state index is 13.3. The van der Waals surface area contributed by atoms with Crippen LogP contribution in [-0.2, 0) is 0 Å². The number of rotatable bonds is 4. The van der Waals surface area contributed by atoms with Crippen molar-refractivity contribution in [2.24, 2.45) is 0 Å². The summed E-state index contributed by atoms with van der Waals surface area (Å²) < 4.78 is 13.3. The number of amides is 1. The minimum atomic E-state index is -0.547. The third-order valence-corrected chi connectivity index (χ3v) is 3.06.